The molecule has 1 heterocycles. The van der Waals surface area contributed by atoms with Gasteiger partial charge in [-0.3, -0.25) is 14.4 Å². The molecule has 0 bridgehead atoms. The fraction of sp³-hybridized carbons (Fsp3) is 0.412. The first-order valence-electron chi connectivity index (χ1n) is 7.84. The van der Waals surface area contributed by atoms with Crippen LogP contribution in [0.3, 0.4) is 0 Å². The highest BCUT2D eigenvalue weighted by atomic mass is 16.4. The Morgan fingerprint density at radius 1 is 1.25 bits per heavy atom. The predicted octanol–water partition coefficient (Wildman–Crippen LogP) is 1.39. The van der Waals surface area contributed by atoms with E-state index in [-0.39, 0.29) is 24.5 Å². The molecule has 2 rings (SSSR count). The Morgan fingerprint density at radius 3 is 2.54 bits per heavy atom. The number of hydrazone groups is 1. The molecule has 1 aromatic carbocycles. The molecule has 0 radical (unpaired) electrons. The van der Waals surface area contributed by atoms with Gasteiger partial charge in [-0.25, -0.2) is 5.01 Å². The Balaban J connectivity index is 2.06. The molecule has 2 amide bonds. The van der Waals surface area contributed by atoms with Crippen LogP contribution in [0.25, 0.3) is 0 Å². The summed E-state index contributed by atoms with van der Waals surface area (Å²) in [5.74, 6) is -2.25. The molecule has 24 heavy (non-hydrogen) atoms. The monoisotopic (exact) mass is 331 g/mol. The Hall–Kier alpha value is -2.70. The minimum Gasteiger partial charge on any atom is -0.481 e. The van der Waals surface area contributed by atoms with Gasteiger partial charge in [-0.15, -0.1) is 0 Å². The van der Waals surface area contributed by atoms with Crippen molar-refractivity contribution in [3.63, 3.8) is 0 Å². The standard InChI is InChI=1S/C17H21N3O4/c1-11(17(23)24)12(2)18-16(22)14-8-9-15(21)20(19-14)10-13-6-4-3-5-7-13/h3-7,11-12H,8-10H2,1-2H3,(H,18,22)(H,23,24). The molecule has 1 aromatic rings. The van der Waals surface area contributed by atoms with E-state index in [0.717, 1.165) is 5.56 Å². The van der Waals surface area contributed by atoms with E-state index in [0.29, 0.717) is 6.54 Å². The van der Waals surface area contributed by atoms with Crippen molar-refractivity contribution in [3.05, 3.63) is 35.9 Å². The second-order valence-electron chi connectivity index (χ2n) is 5.87. The van der Waals surface area contributed by atoms with Crippen molar-refractivity contribution in [2.24, 2.45) is 11.0 Å². The molecule has 0 spiro atoms. The number of carboxylic acid groups (broad SMARTS) is 1. The highest BCUT2D eigenvalue weighted by molar-refractivity contribution is 6.39. The minimum atomic E-state index is -0.978. The van der Waals surface area contributed by atoms with Crippen molar-refractivity contribution in [2.75, 3.05) is 0 Å². The molecular weight excluding hydrogens is 310 g/mol. The first-order chi connectivity index (χ1) is 11.4. The van der Waals surface area contributed by atoms with Crippen molar-refractivity contribution >= 4 is 23.5 Å². The summed E-state index contributed by atoms with van der Waals surface area (Å²) in [5.41, 5.74) is 1.17. The van der Waals surface area contributed by atoms with Gasteiger partial charge >= 0.3 is 5.97 Å². The first kappa shape index (κ1) is 17.7. The predicted molar refractivity (Wildman–Crippen MR) is 88.1 cm³/mol. The zero-order valence-electron chi connectivity index (χ0n) is 13.7. The first-order valence-corrected chi connectivity index (χ1v) is 7.84. The van der Waals surface area contributed by atoms with Crippen LogP contribution in [0.1, 0.15) is 32.3 Å². The van der Waals surface area contributed by atoms with E-state index in [4.69, 9.17) is 5.11 Å². The molecular formula is C17H21N3O4. The lowest BCUT2D eigenvalue weighted by Gasteiger charge is -2.24. The number of hydrogen-bond acceptors (Lipinski definition) is 4. The van der Waals surface area contributed by atoms with Crippen molar-refractivity contribution in [1.82, 2.24) is 10.3 Å². The van der Waals surface area contributed by atoms with Crippen LogP contribution >= 0.6 is 0 Å². The van der Waals surface area contributed by atoms with Crippen molar-refractivity contribution in [2.45, 2.75) is 39.3 Å². The van der Waals surface area contributed by atoms with Crippen LogP contribution in [0, 0.1) is 5.92 Å². The average molecular weight is 331 g/mol. The van der Waals surface area contributed by atoms with Gasteiger partial charge in [0, 0.05) is 18.9 Å². The highest BCUT2D eigenvalue weighted by Crippen LogP contribution is 2.14. The third-order valence-electron chi connectivity index (χ3n) is 4.04. The third-order valence-corrected chi connectivity index (χ3v) is 4.04. The topological polar surface area (TPSA) is 99.1 Å². The molecule has 128 valence electrons. The van der Waals surface area contributed by atoms with Gasteiger partial charge in [-0.05, 0) is 19.4 Å². The van der Waals surface area contributed by atoms with Gasteiger partial charge in [0.2, 0.25) is 5.91 Å². The summed E-state index contributed by atoms with van der Waals surface area (Å²) >= 11 is 0. The summed E-state index contributed by atoms with van der Waals surface area (Å²) in [6.45, 7) is 3.46. The van der Waals surface area contributed by atoms with Gasteiger partial charge < -0.3 is 10.4 Å². The zero-order valence-corrected chi connectivity index (χ0v) is 13.7. The number of nitrogens with one attached hydrogen (secondary N) is 1. The van der Waals surface area contributed by atoms with Gasteiger partial charge in [-0.2, -0.15) is 5.10 Å². The van der Waals surface area contributed by atoms with E-state index in [2.05, 4.69) is 10.4 Å². The largest absolute Gasteiger partial charge is 0.481 e. The highest BCUT2D eigenvalue weighted by Gasteiger charge is 2.27. The number of carbonyl (C=O) groups is 3. The number of benzene rings is 1. The van der Waals surface area contributed by atoms with Crippen LogP contribution in [0.15, 0.2) is 35.4 Å². The lowest BCUT2D eigenvalue weighted by atomic mass is 10.0. The summed E-state index contributed by atoms with van der Waals surface area (Å²) in [6, 6.07) is 8.86. The van der Waals surface area contributed by atoms with Crippen molar-refractivity contribution < 1.29 is 19.5 Å². The quantitative estimate of drug-likeness (QED) is 0.823. The van der Waals surface area contributed by atoms with Crippen molar-refractivity contribution in [1.29, 1.82) is 0 Å². The molecule has 0 saturated carbocycles. The molecule has 0 saturated heterocycles. The molecule has 0 aromatic heterocycles. The molecule has 7 heteroatoms. The lowest BCUT2D eigenvalue weighted by Crippen LogP contribution is -2.45. The van der Waals surface area contributed by atoms with Gasteiger partial charge in [0.05, 0.1) is 12.5 Å². The van der Waals surface area contributed by atoms with E-state index in [9.17, 15) is 14.4 Å². The van der Waals surface area contributed by atoms with E-state index in [1.54, 1.807) is 6.92 Å². The van der Waals surface area contributed by atoms with Crippen LogP contribution in [-0.2, 0) is 20.9 Å². The maximum Gasteiger partial charge on any atom is 0.308 e. The van der Waals surface area contributed by atoms with Crippen LogP contribution in [0.5, 0.6) is 0 Å². The van der Waals surface area contributed by atoms with Crippen LogP contribution < -0.4 is 5.32 Å². The number of carboxylic acids is 1. The minimum absolute atomic E-state index is 0.137. The molecule has 2 atom stereocenters. The van der Waals surface area contributed by atoms with E-state index in [1.165, 1.54) is 11.9 Å². The Kier molecular flexibility index (Phi) is 5.68. The van der Waals surface area contributed by atoms with Crippen LogP contribution in [0.2, 0.25) is 0 Å². The molecule has 7 nitrogen and oxygen atoms in total. The van der Waals surface area contributed by atoms with Gasteiger partial charge in [0.25, 0.3) is 5.91 Å². The summed E-state index contributed by atoms with van der Waals surface area (Å²) in [4.78, 5) is 35.2. The van der Waals surface area contributed by atoms with Gasteiger partial charge in [0.1, 0.15) is 5.71 Å². The Bertz CT molecular complexity index is 657. The maximum absolute atomic E-state index is 12.3. The third kappa shape index (κ3) is 4.41. The molecule has 1 aliphatic rings. The van der Waals surface area contributed by atoms with Crippen molar-refractivity contribution in [3.8, 4) is 0 Å². The Labute approximate surface area is 140 Å². The van der Waals surface area contributed by atoms with Crippen LogP contribution in [-0.4, -0.2) is 39.7 Å². The molecule has 0 aliphatic carbocycles. The normalized spacial score (nSPS) is 17.0. The maximum atomic E-state index is 12.3. The number of nitrogens with zero attached hydrogens (tertiary/aromatic N) is 2. The fourth-order valence-electron chi connectivity index (χ4n) is 2.27. The second-order valence-corrected chi connectivity index (χ2v) is 5.87. The zero-order chi connectivity index (χ0) is 17.7. The van der Waals surface area contributed by atoms with E-state index >= 15 is 0 Å². The second kappa shape index (κ2) is 7.72. The summed E-state index contributed by atoms with van der Waals surface area (Å²) in [5, 5.41) is 17.1. The fourth-order valence-corrected chi connectivity index (χ4v) is 2.27. The number of amides is 2. The SMILES string of the molecule is CC(NC(=O)C1=NN(Cc2ccccc2)C(=O)CC1)C(C)C(=O)O. The van der Waals surface area contributed by atoms with E-state index in [1.807, 2.05) is 30.3 Å². The molecule has 2 N–H and O–H groups in total. The number of rotatable bonds is 6. The molecule has 1 aliphatic heterocycles. The summed E-state index contributed by atoms with van der Waals surface area (Å²) in [7, 11) is 0. The number of carbonyl (C=O) groups excluding carboxylic acids is 2. The smallest absolute Gasteiger partial charge is 0.308 e. The lowest BCUT2D eigenvalue weighted by molar-refractivity contribution is -0.142. The Morgan fingerprint density at radius 2 is 1.92 bits per heavy atom. The summed E-state index contributed by atoms with van der Waals surface area (Å²) < 4.78 is 0. The van der Waals surface area contributed by atoms with E-state index < -0.39 is 23.8 Å². The van der Waals surface area contributed by atoms with Gasteiger partial charge in [0.15, 0.2) is 0 Å². The number of aliphatic carboxylic acids is 1. The molecule has 2 unspecified atom stereocenters. The number of hydrogen-bond donors (Lipinski definition) is 2. The van der Waals surface area contributed by atoms with Gasteiger partial charge in [-0.1, -0.05) is 30.3 Å². The van der Waals surface area contributed by atoms with Crippen LogP contribution in [0.4, 0.5) is 0 Å². The molecule has 0 fully saturated rings. The average Bonchev–Trinajstić information content (AvgIpc) is 2.56. The summed E-state index contributed by atoms with van der Waals surface area (Å²) in [6.07, 6.45) is 0.464.